The number of hydrogen-bond acceptors (Lipinski definition) is 2. The van der Waals surface area contributed by atoms with Crippen LogP contribution in [0.3, 0.4) is 0 Å². The van der Waals surface area contributed by atoms with Crippen molar-refractivity contribution in [2.45, 2.75) is 65.2 Å². The highest BCUT2D eigenvalue weighted by Gasteiger charge is 2.64. The Hall–Kier alpha value is -0.830. The van der Waals surface area contributed by atoms with Crippen LogP contribution >= 0.6 is 0 Å². The molecular weight excluding hydrogens is 288 g/mol. The first-order valence-corrected chi connectivity index (χ1v) is 9.42. The van der Waals surface area contributed by atoms with E-state index in [0.29, 0.717) is 17.8 Å². The van der Waals surface area contributed by atoms with E-state index in [-0.39, 0.29) is 17.4 Å². The number of rotatable bonds is 2. The number of carbonyl (C=O) groups is 1. The fourth-order valence-corrected chi connectivity index (χ4v) is 7.48. The third kappa shape index (κ3) is 1.89. The van der Waals surface area contributed by atoms with Crippen molar-refractivity contribution in [2.75, 3.05) is 6.61 Å². The topological polar surface area (TPSA) is 57.5 Å². The zero-order chi connectivity index (χ0) is 16.5. The standard InChI is InChI=1S/C20H30O3/c1-18-7-3-8-19(2,17(22)23)15(18)6-9-20-10-13(4-5-16(18)20)14(11-20)12-21/h11,13,15-16,21H,3-10,12H2,1-2H3,(H,22,23). The van der Waals surface area contributed by atoms with Crippen molar-refractivity contribution in [2.24, 2.45) is 34.0 Å². The lowest BCUT2D eigenvalue weighted by atomic mass is 9.41. The SMILES string of the molecule is CC1(C(=O)O)CCCC2(C)C3CCC4CC3(C=C4CO)CCC12. The van der Waals surface area contributed by atoms with Gasteiger partial charge in [0.2, 0.25) is 0 Å². The molecule has 2 N–H and O–H groups in total. The van der Waals surface area contributed by atoms with Crippen molar-refractivity contribution < 1.29 is 15.0 Å². The van der Waals surface area contributed by atoms with Crippen LogP contribution in [-0.2, 0) is 4.79 Å². The van der Waals surface area contributed by atoms with Gasteiger partial charge >= 0.3 is 5.97 Å². The normalized spacial score (nSPS) is 51.6. The molecule has 3 nitrogen and oxygen atoms in total. The zero-order valence-corrected chi connectivity index (χ0v) is 14.5. The molecule has 0 aromatic carbocycles. The van der Waals surface area contributed by atoms with Crippen LogP contribution in [0, 0.1) is 34.0 Å². The molecule has 4 aliphatic carbocycles. The minimum absolute atomic E-state index is 0.149. The third-order valence-electron chi connectivity index (χ3n) is 8.46. The molecular formula is C20H30O3. The summed E-state index contributed by atoms with van der Waals surface area (Å²) < 4.78 is 0. The Morgan fingerprint density at radius 1 is 1.17 bits per heavy atom. The summed E-state index contributed by atoms with van der Waals surface area (Å²) >= 11 is 0. The van der Waals surface area contributed by atoms with Crippen LogP contribution in [0.25, 0.3) is 0 Å². The summed E-state index contributed by atoms with van der Waals surface area (Å²) in [4.78, 5) is 12.0. The second kappa shape index (κ2) is 4.84. The monoisotopic (exact) mass is 318 g/mol. The van der Waals surface area contributed by atoms with Crippen LogP contribution in [-0.4, -0.2) is 22.8 Å². The fourth-order valence-electron chi connectivity index (χ4n) is 7.48. The molecule has 23 heavy (non-hydrogen) atoms. The van der Waals surface area contributed by atoms with E-state index < -0.39 is 11.4 Å². The van der Waals surface area contributed by atoms with Gasteiger partial charge in [0.15, 0.2) is 0 Å². The lowest BCUT2D eigenvalue weighted by molar-refractivity contribution is -0.177. The Morgan fingerprint density at radius 2 is 1.96 bits per heavy atom. The molecule has 0 saturated heterocycles. The average Bonchev–Trinajstić information content (AvgIpc) is 2.77. The molecule has 2 bridgehead atoms. The van der Waals surface area contributed by atoms with Gasteiger partial charge in [-0.1, -0.05) is 19.4 Å². The molecule has 3 fully saturated rings. The summed E-state index contributed by atoms with van der Waals surface area (Å²) in [5.41, 5.74) is 1.12. The van der Waals surface area contributed by atoms with Crippen LogP contribution in [0.1, 0.15) is 65.2 Å². The molecule has 4 rings (SSSR count). The van der Waals surface area contributed by atoms with E-state index in [1.807, 2.05) is 6.92 Å². The van der Waals surface area contributed by atoms with E-state index in [9.17, 15) is 15.0 Å². The first-order chi connectivity index (χ1) is 10.9. The highest BCUT2D eigenvalue weighted by molar-refractivity contribution is 5.75. The lowest BCUT2D eigenvalue weighted by Crippen LogP contribution is -2.58. The molecule has 0 amide bonds. The van der Waals surface area contributed by atoms with Crippen molar-refractivity contribution in [3.63, 3.8) is 0 Å². The van der Waals surface area contributed by atoms with Gasteiger partial charge in [0, 0.05) is 0 Å². The molecule has 6 atom stereocenters. The summed E-state index contributed by atoms with van der Waals surface area (Å²) in [6.45, 7) is 4.62. The number of hydrogen-bond donors (Lipinski definition) is 2. The Labute approximate surface area is 139 Å². The second-order valence-corrected chi connectivity index (χ2v) is 9.31. The zero-order valence-electron chi connectivity index (χ0n) is 14.5. The highest BCUT2D eigenvalue weighted by atomic mass is 16.4. The smallest absolute Gasteiger partial charge is 0.309 e. The van der Waals surface area contributed by atoms with Crippen LogP contribution in [0.4, 0.5) is 0 Å². The highest BCUT2D eigenvalue weighted by Crippen LogP contribution is 2.70. The van der Waals surface area contributed by atoms with Gasteiger partial charge in [-0.2, -0.15) is 0 Å². The molecule has 0 heterocycles. The molecule has 0 aliphatic heterocycles. The first-order valence-electron chi connectivity index (χ1n) is 9.42. The van der Waals surface area contributed by atoms with E-state index in [1.165, 1.54) is 31.3 Å². The average molecular weight is 318 g/mol. The van der Waals surface area contributed by atoms with E-state index in [0.717, 1.165) is 25.7 Å². The van der Waals surface area contributed by atoms with Crippen molar-refractivity contribution in [3.05, 3.63) is 11.6 Å². The molecule has 6 unspecified atom stereocenters. The first kappa shape index (κ1) is 15.7. The second-order valence-electron chi connectivity index (χ2n) is 9.31. The maximum Gasteiger partial charge on any atom is 0.309 e. The van der Waals surface area contributed by atoms with Crippen LogP contribution in [0.2, 0.25) is 0 Å². The van der Waals surface area contributed by atoms with Gasteiger partial charge in [0.1, 0.15) is 0 Å². The van der Waals surface area contributed by atoms with Crippen molar-refractivity contribution in [1.82, 2.24) is 0 Å². The van der Waals surface area contributed by atoms with E-state index in [4.69, 9.17) is 0 Å². The third-order valence-corrected chi connectivity index (χ3v) is 8.46. The van der Waals surface area contributed by atoms with Gasteiger partial charge in [-0.05, 0) is 86.0 Å². The summed E-state index contributed by atoms with van der Waals surface area (Å²) in [5.74, 6) is 0.912. The van der Waals surface area contributed by atoms with Gasteiger partial charge in [0.05, 0.1) is 12.0 Å². The number of carboxylic acids is 1. The summed E-state index contributed by atoms with van der Waals surface area (Å²) in [6.07, 6.45) is 11.3. The minimum atomic E-state index is -0.587. The Bertz CT molecular complexity index is 567. The van der Waals surface area contributed by atoms with Gasteiger partial charge in [-0.15, -0.1) is 0 Å². The van der Waals surface area contributed by atoms with E-state index in [2.05, 4.69) is 13.0 Å². The predicted octanol–water partition coefficient (Wildman–Crippen LogP) is 4.01. The number of aliphatic hydroxyl groups is 1. The van der Waals surface area contributed by atoms with Crippen LogP contribution < -0.4 is 0 Å². The van der Waals surface area contributed by atoms with Crippen LogP contribution in [0.15, 0.2) is 11.6 Å². The largest absolute Gasteiger partial charge is 0.481 e. The predicted molar refractivity (Wildman–Crippen MR) is 88.9 cm³/mol. The maximum atomic E-state index is 12.0. The number of carboxylic acid groups (broad SMARTS) is 1. The Morgan fingerprint density at radius 3 is 2.65 bits per heavy atom. The maximum absolute atomic E-state index is 12.0. The number of aliphatic carboxylic acids is 1. The summed E-state index contributed by atoms with van der Waals surface area (Å²) in [7, 11) is 0. The van der Waals surface area contributed by atoms with Crippen molar-refractivity contribution >= 4 is 5.97 Å². The molecule has 0 radical (unpaired) electrons. The molecule has 4 aliphatic rings. The molecule has 1 spiro atoms. The number of fused-ring (bicyclic) bond motifs is 3. The van der Waals surface area contributed by atoms with Gasteiger partial charge in [0.25, 0.3) is 0 Å². The Kier molecular flexibility index (Phi) is 3.30. The molecule has 3 saturated carbocycles. The minimum Gasteiger partial charge on any atom is -0.481 e. The number of allylic oxidation sites excluding steroid dienone is 1. The van der Waals surface area contributed by atoms with E-state index in [1.54, 1.807) is 0 Å². The quantitative estimate of drug-likeness (QED) is 0.756. The molecule has 3 heteroatoms. The van der Waals surface area contributed by atoms with E-state index >= 15 is 0 Å². The van der Waals surface area contributed by atoms with Gasteiger partial charge in [-0.25, -0.2) is 0 Å². The molecule has 0 aromatic heterocycles. The molecule has 0 aromatic rings. The van der Waals surface area contributed by atoms with Gasteiger partial charge in [-0.3, -0.25) is 4.79 Å². The summed E-state index contributed by atoms with van der Waals surface area (Å²) in [5, 5.41) is 19.6. The van der Waals surface area contributed by atoms with Gasteiger partial charge < -0.3 is 10.2 Å². The Balaban J connectivity index is 1.75. The van der Waals surface area contributed by atoms with Crippen molar-refractivity contribution in [3.8, 4) is 0 Å². The van der Waals surface area contributed by atoms with Crippen LogP contribution in [0.5, 0.6) is 0 Å². The van der Waals surface area contributed by atoms with Crippen molar-refractivity contribution in [1.29, 1.82) is 0 Å². The summed E-state index contributed by atoms with van der Waals surface area (Å²) in [6, 6.07) is 0. The number of aliphatic hydroxyl groups excluding tert-OH is 1. The fraction of sp³-hybridized carbons (Fsp3) is 0.850. The molecule has 128 valence electrons. The lowest BCUT2D eigenvalue weighted by Gasteiger charge is -2.63.